The predicted octanol–water partition coefficient (Wildman–Crippen LogP) is 2.05. The first-order chi connectivity index (χ1) is 7.57. The molecule has 4 nitrogen and oxygen atoms in total. The second-order valence-corrected chi connectivity index (χ2v) is 4.91. The Morgan fingerprint density at radius 3 is 2.88 bits per heavy atom. The summed E-state index contributed by atoms with van der Waals surface area (Å²) >= 11 is 0. The molecule has 0 atom stereocenters. The molecular formula is C12H23N3O. The molecule has 1 rings (SSSR count). The van der Waals surface area contributed by atoms with Crippen LogP contribution in [0, 0.1) is 5.41 Å². The van der Waals surface area contributed by atoms with E-state index in [1.165, 1.54) is 0 Å². The molecule has 0 fully saturated rings. The quantitative estimate of drug-likeness (QED) is 0.772. The van der Waals surface area contributed by atoms with Crippen LogP contribution < -0.4 is 10.5 Å². The van der Waals surface area contributed by atoms with Gasteiger partial charge in [0.05, 0.1) is 19.0 Å². The van der Waals surface area contributed by atoms with Gasteiger partial charge in [0, 0.05) is 6.54 Å². The Morgan fingerprint density at radius 1 is 1.50 bits per heavy atom. The molecule has 0 saturated carbocycles. The minimum Gasteiger partial charge on any atom is -0.490 e. The molecule has 0 aliphatic carbocycles. The summed E-state index contributed by atoms with van der Waals surface area (Å²) < 4.78 is 7.54. The predicted molar refractivity (Wildman–Crippen MR) is 65.5 cm³/mol. The molecule has 0 bridgehead atoms. The van der Waals surface area contributed by atoms with E-state index >= 15 is 0 Å². The maximum absolute atomic E-state index is 5.66. The van der Waals surface area contributed by atoms with E-state index in [0.717, 1.165) is 25.1 Å². The van der Waals surface area contributed by atoms with E-state index in [9.17, 15) is 0 Å². The maximum Gasteiger partial charge on any atom is 0.157 e. The summed E-state index contributed by atoms with van der Waals surface area (Å²) in [5, 5.41) is 4.21. The standard InChI is InChI=1S/C12H23N3O/c1-4-6-15-9-11(8-14-15)16-7-5-12(2,3)10-13/h8-9H,4-7,10,13H2,1-3H3. The van der Waals surface area contributed by atoms with Crippen LogP contribution in [0.1, 0.15) is 33.6 Å². The van der Waals surface area contributed by atoms with Crippen molar-refractivity contribution in [3.05, 3.63) is 12.4 Å². The molecule has 0 spiro atoms. The molecule has 16 heavy (non-hydrogen) atoms. The van der Waals surface area contributed by atoms with Crippen LogP contribution in [0.4, 0.5) is 0 Å². The van der Waals surface area contributed by atoms with Gasteiger partial charge in [0.2, 0.25) is 0 Å². The summed E-state index contributed by atoms with van der Waals surface area (Å²) in [6.07, 6.45) is 5.76. The molecule has 1 aromatic rings. The van der Waals surface area contributed by atoms with E-state index in [0.29, 0.717) is 13.2 Å². The van der Waals surface area contributed by atoms with Crippen molar-refractivity contribution in [3.8, 4) is 5.75 Å². The van der Waals surface area contributed by atoms with Crippen molar-refractivity contribution in [2.45, 2.75) is 40.2 Å². The first-order valence-corrected chi connectivity index (χ1v) is 5.93. The molecule has 0 unspecified atom stereocenters. The minimum atomic E-state index is 0.152. The van der Waals surface area contributed by atoms with Crippen molar-refractivity contribution in [3.63, 3.8) is 0 Å². The summed E-state index contributed by atoms with van der Waals surface area (Å²) in [5.41, 5.74) is 5.81. The number of rotatable bonds is 7. The van der Waals surface area contributed by atoms with Gasteiger partial charge in [-0.15, -0.1) is 0 Å². The smallest absolute Gasteiger partial charge is 0.157 e. The van der Waals surface area contributed by atoms with Gasteiger partial charge in [0.25, 0.3) is 0 Å². The van der Waals surface area contributed by atoms with Crippen LogP contribution >= 0.6 is 0 Å². The second-order valence-electron chi connectivity index (χ2n) is 4.91. The Hall–Kier alpha value is -1.03. The fourth-order valence-electron chi connectivity index (χ4n) is 1.32. The lowest BCUT2D eigenvalue weighted by molar-refractivity contribution is 0.233. The molecule has 1 heterocycles. The first kappa shape index (κ1) is 13.0. The van der Waals surface area contributed by atoms with Gasteiger partial charge in [0.1, 0.15) is 0 Å². The van der Waals surface area contributed by atoms with Crippen molar-refractivity contribution in [2.75, 3.05) is 13.2 Å². The van der Waals surface area contributed by atoms with Crippen LogP contribution in [0.2, 0.25) is 0 Å². The van der Waals surface area contributed by atoms with Gasteiger partial charge >= 0.3 is 0 Å². The number of ether oxygens (including phenoxy) is 1. The van der Waals surface area contributed by atoms with Gasteiger partial charge in [-0.3, -0.25) is 4.68 Å². The highest BCUT2D eigenvalue weighted by Crippen LogP contribution is 2.19. The van der Waals surface area contributed by atoms with Crippen LogP contribution in [-0.4, -0.2) is 22.9 Å². The van der Waals surface area contributed by atoms with Crippen molar-refractivity contribution in [1.29, 1.82) is 0 Å². The van der Waals surface area contributed by atoms with Crippen LogP contribution in [0.15, 0.2) is 12.4 Å². The summed E-state index contributed by atoms with van der Waals surface area (Å²) in [6.45, 7) is 8.75. The Kier molecular flexibility index (Phi) is 4.80. The zero-order valence-electron chi connectivity index (χ0n) is 10.6. The van der Waals surface area contributed by atoms with E-state index in [1.807, 2.05) is 10.9 Å². The van der Waals surface area contributed by atoms with Crippen molar-refractivity contribution in [1.82, 2.24) is 9.78 Å². The molecule has 0 aliphatic heterocycles. The number of aromatic nitrogens is 2. The van der Waals surface area contributed by atoms with Gasteiger partial charge < -0.3 is 10.5 Å². The SMILES string of the molecule is CCCn1cc(OCCC(C)(C)CN)cn1. The number of hydrogen-bond acceptors (Lipinski definition) is 3. The zero-order chi connectivity index (χ0) is 12.0. The summed E-state index contributed by atoms with van der Waals surface area (Å²) in [5.74, 6) is 0.848. The van der Waals surface area contributed by atoms with Gasteiger partial charge in [0.15, 0.2) is 5.75 Å². The average Bonchev–Trinajstić information content (AvgIpc) is 2.66. The van der Waals surface area contributed by atoms with Gasteiger partial charge in [-0.05, 0) is 24.8 Å². The minimum absolute atomic E-state index is 0.152. The van der Waals surface area contributed by atoms with Crippen molar-refractivity contribution < 1.29 is 4.74 Å². The Balaban J connectivity index is 2.31. The van der Waals surface area contributed by atoms with Crippen molar-refractivity contribution in [2.24, 2.45) is 11.1 Å². The number of hydrogen-bond donors (Lipinski definition) is 1. The van der Waals surface area contributed by atoms with Gasteiger partial charge in [-0.2, -0.15) is 5.10 Å². The zero-order valence-corrected chi connectivity index (χ0v) is 10.6. The van der Waals surface area contributed by atoms with Crippen LogP contribution in [0.3, 0.4) is 0 Å². The summed E-state index contributed by atoms with van der Waals surface area (Å²) in [6, 6.07) is 0. The third-order valence-electron chi connectivity index (χ3n) is 2.66. The Labute approximate surface area is 97.8 Å². The first-order valence-electron chi connectivity index (χ1n) is 5.93. The van der Waals surface area contributed by atoms with Gasteiger partial charge in [-0.1, -0.05) is 20.8 Å². The molecule has 0 aliphatic rings. The monoisotopic (exact) mass is 225 g/mol. The lowest BCUT2D eigenvalue weighted by Gasteiger charge is -2.21. The topological polar surface area (TPSA) is 53.1 Å². The fraction of sp³-hybridized carbons (Fsp3) is 0.750. The maximum atomic E-state index is 5.66. The molecule has 0 aromatic carbocycles. The Bertz CT molecular complexity index is 307. The second kappa shape index (κ2) is 5.89. The highest BCUT2D eigenvalue weighted by molar-refractivity contribution is 5.11. The molecule has 0 amide bonds. The molecular weight excluding hydrogens is 202 g/mol. The Morgan fingerprint density at radius 2 is 2.25 bits per heavy atom. The molecule has 92 valence electrons. The normalized spacial score (nSPS) is 11.8. The molecule has 0 radical (unpaired) electrons. The number of nitrogens with two attached hydrogens (primary N) is 1. The highest BCUT2D eigenvalue weighted by Gasteiger charge is 2.15. The van der Waals surface area contributed by atoms with E-state index in [1.54, 1.807) is 6.20 Å². The summed E-state index contributed by atoms with van der Waals surface area (Å²) in [4.78, 5) is 0. The number of aryl methyl sites for hydroxylation is 1. The van der Waals surface area contributed by atoms with Crippen LogP contribution in [-0.2, 0) is 6.54 Å². The highest BCUT2D eigenvalue weighted by atomic mass is 16.5. The average molecular weight is 225 g/mol. The fourth-order valence-corrected chi connectivity index (χ4v) is 1.32. The molecule has 2 N–H and O–H groups in total. The number of nitrogens with zero attached hydrogens (tertiary/aromatic N) is 2. The summed E-state index contributed by atoms with van der Waals surface area (Å²) in [7, 11) is 0. The van der Waals surface area contributed by atoms with E-state index < -0.39 is 0 Å². The van der Waals surface area contributed by atoms with Gasteiger partial charge in [-0.25, -0.2) is 0 Å². The third kappa shape index (κ3) is 4.23. The van der Waals surface area contributed by atoms with E-state index in [2.05, 4.69) is 25.9 Å². The molecule has 4 heteroatoms. The van der Waals surface area contributed by atoms with E-state index in [4.69, 9.17) is 10.5 Å². The van der Waals surface area contributed by atoms with E-state index in [-0.39, 0.29) is 5.41 Å². The molecule has 0 saturated heterocycles. The third-order valence-corrected chi connectivity index (χ3v) is 2.66. The van der Waals surface area contributed by atoms with Crippen molar-refractivity contribution >= 4 is 0 Å². The largest absolute Gasteiger partial charge is 0.490 e. The molecule has 1 aromatic heterocycles. The lowest BCUT2D eigenvalue weighted by Crippen LogP contribution is -2.25. The lowest BCUT2D eigenvalue weighted by atomic mass is 9.90. The van der Waals surface area contributed by atoms with Crippen LogP contribution in [0.5, 0.6) is 5.75 Å². The van der Waals surface area contributed by atoms with Crippen LogP contribution in [0.25, 0.3) is 0 Å².